The van der Waals surface area contributed by atoms with Crippen molar-refractivity contribution in [2.45, 2.75) is 32.2 Å². The first-order valence-electron chi connectivity index (χ1n) is 5.44. The smallest absolute Gasteiger partial charge is 0.412 e. The highest BCUT2D eigenvalue weighted by atomic mass is 35.5. The quantitative estimate of drug-likeness (QED) is 0.884. The maximum absolute atomic E-state index is 11.6. The summed E-state index contributed by atoms with van der Waals surface area (Å²) in [6.45, 7) is 3.64. The van der Waals surface area contributed by atoms with E-state index in [0.29, 0.717) is 10.6 Å². The van der Waals surface area contributed by atoms with E-state index in [4.69, 9.17) is 16.3 Å². The van der Waals surface area contributed by atoms with Crippen LogP contribution < -0.4 is 0 Å². The zero-order chi connectivity index (χ0) is 12.6. The number of benzene rings is 1. The molecule has 17 heavy (non-hydrogen) atoms. The maximum atomic E-state index is 11.6. The Morgan fingerprint density at radius 3 is 2.59 bits per heavy atom. The van der Waals surface area contributed by atoms with Gasteiger partial charge < -0.3 is 9.84 Å². The lowest BCUT2D eigenvalue weighted by molar-refractivity contribution is 0.00302. The van der Waals surface area contributed by atoms with Gasteiger partial charge in [0.25, 0.3) is 0 Å². The van der Waals surface area contributed by atoms with Gasteiger partial charge in [-0.2, -0.15) is 0 Å². The first-order valence-corrected chi connectivity index (χ1v) is 5.81. The van der Waals surface area contributed by atoms with Crippen LogP contribution in [-0.2, 0) is 4.74 Å². The Labute approximate surface area is 105 Å². The number of aliphatic hydroxyl groups is 1. The molecule has 1 saturated heterocycles. The van der Waals surface area contributed by atoms with Gasteiger partial charge in [0.2, 0.25) is 0 Å². The largest absolute Gasteiger partial charge is 0.436 e. The van der Waals surface area contributed by atoms with Gasteiger partial charge in [0.1, 0.15) is 0 Å². The van der Waals surface area contributed by atoms with Crippen LogP contribution >= 0.6 is 11.6 Å². The third kappa shape index (κ3) is 2.10. The van der Waals surface area contributed by atoms with Crippen molar-refractivity contribution in [1.82, 2.24) is 4.90 Å². The Hall–Kier alpha value is -1.26. The average Bonchev–Trinajstić information content (AvgIpc) is 2.55. The lowest BCUT2D eigenvalue weighted by atomic mass is 10.1. The minimum atomic E-state index is -0.998. The van der Waals surface area contributed by atoms with E-state index in [9.17, 15) is 9.90 Å². The second-order valence-corrected chi connectivity index (χ2v) is 4.65. The van der Waals surface area contributed by atoms with Crippen LogP contribution in [0.15, 0.2) is 24.3 Å². The van der Waals surface area contributed by atoms with E-state index in [1.54, 1.807) is 24.3 Å². The third-order valence-corrected chi connectivity index (χ3v) is 3.11. The molecule has 0 spiro atoms. The van der Waals surface area contributed by atoms with E-state index in [1.807, 2.05) is 13.8 Å². The summed E-state index contributed by atoms with van der Waals surface area (Å²) in [5.74, 6) is 0. The Bertz CT molecular complexity index is 436. The summed E-state index contributed by atoms with van der Waals surface area (Å²) in [6, 6.07) is 6.91. The lowest BCUT2D eigenvalue weighted by Gasteiger charge is -2.23. The molecule has 1 aromatic carbocycles. The molecule has 5 heteroatoms. The number of hydrogen-bond donors (Lipinski definition) is 1. The number of nitrogens with zero attached hydrogens (tertiary/aromatic N) is 1. The molecule has 4 nitrogen and oxygen atoms in total. The molecule has 0 bridgehead atoms. The molecule has 1 amide bonds. The first-order chi connectivity index (χ1) is 8.02. The van der Waals surface area contributed by atoms with Crippen LogP contribution in [-0.4, -0.2) is 28.4 Å². The van der Waals surface area contributed by atoms with Crippen LogP contribution in [0.5, 0.6) is 0 Å². The summed E-state index contributed by atoms with van der Waals surface area (Å²) >= 11 is 6.02. The molecule has 0 saturated carbocycles. The monoisotopic (exact) mass is 255 g/mol. The molecule has 2 rings (SSSR count). The number of halogens is 1. The van der Waals surface area contributed by atoms with Gasteiger partial charge in [-0.3, -0.25) is 4.90 Å². The number of cyclic esters (lactones) is 1. The molecule has 1 aliphatic heterocycles. The highest BCUT2D eigenvalue weighted by molar-refractivity contribution is 6.31. The van der Waals surface area contributed by atoms with Crippen molar-refractivity contribution in [1.29, 1.82) is 0 Å². The fourth-order valence-corrected chi connectivity index (χ4v) is 2.17. The van der Waals surface area contributed by atoms with Crippen molar-refractivity contribution in [3.05, 3.63) is 34.9 Å². The van der Waals surface area contributed by atoms with Gasteiger partial charge in [0, 0.05) is 16.6 Å². The number of hydrogen-bond acceptors (Lipinski definition) is 3. The summed E-state index contributed by atoms with van der Waals surface area (Å²) in [5.41, 5.74) is 0.623. The highest BCUT2D eigenvalue weighted by Gasteiger charge is 2.43. The van der Waals surface area contributed by atoms with Gasteiger partial charge in [0.15, 0.2) is 12.3 Å². The van der Waals surface area contributed by atoms with E-state index in [0.717, 1.165) is 0 Å². The molecule has 0 aliphatic carbocycles. The highest BCUT2D eigenvalue weighted by Crippen LogP contribution is 2.35. The van der Waals surface area contributed by atoms with Crippen molar-refractivity contribution < 1.29 is 14.6 Å². The minimum absolute atomic E-state index is 0.120. The average molecular weight is 256 g/mol. The molecule has 0 unspecified atom stereocenters. The predicted octanol–water partition coefficient (Wildman–Crippen LogP) is 2.56. The fraction of sp³-hybridized carbons (Fsp3) is 0.417. The first kappa shape index (κ1) is 12.2. The Balaban J connectivity index is 2.31. The van der Waals surface area contributed by atoms with Crippen molar-refractivity contribution in [2.24, 2.45) is 0 Å². The molecule has 1 N–H and O–H groups in total. The zero-order valence-electron chi connectivity index (χ0n) is 9.63. The Kier molecular flexibility index (Phi) is 3.26. The molecule has 0 aromatic heterocycles. The number of amides is 1. The number of ether oxygens (including phenoxy) is 1. The molecule has 2 atom stereocenters. The third-order valence-electron chi connectivity index (χ3n) is 2.76. The molecule has 1 heterocycles. The van der Waals surface area contributed by atoms with Crippen LogP contribution in [0.1, 0.15) is 25.5 Å². The van der Waals surface area contributed by atoms with E-state index >= 15 is 0 Å². The van der Waals surface area contributed by atoms with Crippen molar-refractivity contribution >= 4 is 17.7 Å². The summed E-state index contributed by atoms with van der Waals surface area (Å²) in [6.07, 6.45) is -2.24. The van der Waals surface area contributed by atoms with Crippen LogP contribution in [0, 0.1) is 0 Å². The van der Waals surface area contributed by atoms with Gasteiger partial charge in [-0.15, -0.1) is 0 Å². The van der Waals surface area contributed by atoms with Gasteiger partial charge in [-0.1, -0.05) is 29.8 Å². The van der Waals surface area contributed by atoms with Crippen LogP contribution in [0.4, 0.5) is 4.79 Å². The second-order valence-electron chi connectivity index (χ2n) is 4.24. The summed E-state index contributed by atoms with van der Waals surface area (Å²) in [7, 11) is 0. The molecule has 1 aliphatic rings. The molecule has 1 aromatic rings. The topological polar surface area (TPSA) is 49.8 Å². The van der Waals surface area contributed by atoms with E-state index in [2.05, 4.69) is 0 Å². The predicted molar refractivity (Wildman–Crippen MR) is 63.7 cm³/mol. The Morgan fingerprint density at radius 2 is 2.06 bits per heavy atom. The standard InChI is InChI=1S/C12H14ClNO3/c1-7(2)14-11(15)10(17-12(14)16)8-5-3-4-6-9(8)13/h3-7,10-11,15H,1-2H3/t10-,11+/m0/s1. The van der Waals surface area contributed by atoms with E-state index in [1.165, 1.54) is 4.90 Å². The van der Waals surface area contributed by atoms with Gasteiger partial charge in [0.05, 0.1) is 0 Å². The van der Waals surface area contributed by atoms with E-state index in [-0.39, 0.29) is 6.04 Å². The van der Waals surface area contributed by atoms with Gasteiger partial charge in [-0.25, -0.2) is 4.79 Å². The van der Waals surface area contributed by atoms with Crippen LogP contribution in [0.2, 0.25) is 5.02 Å². The lowest BCUT2D eigenvalue weighted by Crippen LogP contribution is -2.39. The van der Waals surface area contributed by atoms with Gasteiger partial charge >= 0.3 is 6.09 Å². The summed E-state index contributed by atoms with van der Waals surface area (Å²) in [5, 5.41) is 10.6. The molecular formula is C12H14ClNO3. The zero-order valence-corrected chi connectivity index (χ0v) is 10.4. The number of carbonyl (C=O) groups is 1. The van der Waals surface area contributed by atoms with Crippen LogP contribution in [0.25, 0.3) is 0 Å². The number of carbonyl (C=O) groups excluding carboxylic acids is 1. The van der Waals surface area contributed by atoms with Gasteiger partial charge in [-0.05, 0) is 19.9 Å². The van der Waals surface area contributed by atoms with Crippen molar-refractivity contribution in [3.63, 3.8) is 0 Å². The van der Waals surface area contributed by atoms with E-state index < -0.39 is 18.4 Å². The molecular weight excluding hydrogens is 242 g/mol. The molecule has 1 fully saturated rings. The minimum Gasteiger partial charge on any atom is -0.436 e. The van der Waals surface area contributed by atoms with Crippen molar-refractivity contribution in [3.8, 4) is 0 Å². The Morgan fingerprint density at radius 1 is 1.41 bits per heavy atom. The molecule has 0 radical (unpaired) electrons. The second kappa shape index (κ2) is 4.55. The maximum Gasteiger partial charge on any atom is 0.412 e. The SMILES string of the molecule is CC(C)N1C(=O)O[C@@H](c2ccccc2Cl)[C@H]1O. The fourth-order valence-electron chi connectivity index (χ4n) is 1.93. The summed E-state index contributed by atoms with van der Waals surface area (Å²) < 4.78 is 5.17. The normalized spacial score (nSPS) is 24.3. The number of aliphatic hydroxyl groups excluding tert-OH is 1. The number of rotatable bonds is 2. The van der Waals surface area contributed by atoms with Crippen LogP contribution in [0.3, 0.4) is 0 Å². The van der Waals surface area contributed by atoms with Crippen molar-refractivity contribution in [2.75, 3.05) is 0 Å². The molecule has 92 valence electrons. The summed E-state index contributed by atoms with van der Waals surface area (Å²) in [4.78, 5) is 12.9.